The standard InChI is InChI=1S/C21H21N3O3/c1-14-3-4-19-17(11-14)18(12-15(2)22-19)21(26)24-8-6-23(7-9-24)20(25)16-5-10-27-13-16/h3-5,10-13H,6-9H2,1-2H3. The first-order valence-corrected chi connectivity index (χ1v) is 9.02. The van der Waals surface area contributed by atoms with Crippen molar-refractivity contribution < 1.29 is 14.0 Å². The number of nitrogens with zero attached hydrogens (tertiary/aromatic N) is 3. The SMILES string of the molecule is Cc1ccc2nc(C)cc(C(=O)N3CCN(C(=O)c4ccoc4)CC3)c2c1. The Morgan fingerprint density at radius 2 is 1.67 bits per heavy atom. The summed E-state index contributed by atoms with van der Waals surface area (Å²) in [7, 11) is 0. The van der Waals surface area contributed by atoms with Gasteiger partial charge in [0.2, 0.25) is 0 Å². The Morgan fingerprint density at radius 1 is 0.963 bits per heavy atom. The number of rotatable bonds is 2. The van der Waals surface area contributed by atoms with E-state index in [0.29, 0.717) is 37.3 Å². The lowest BCUT2D eigenvalue weighted by atomic mass is 10.0. The number of aryl methyl sites for hydroxylation is 2. The van der Waals surface area contributed by atoms with Gasteiger partial charge in [-0.3, -0.25) is 14.6 Å². The van der Waals surface area contributed by atoms with Crippen molar-refractivity contribution in [3.63, 3.8) is 0 Å². The van der Waals surface area contributed by atoms with Crippen molar-refractivity contribution >= 4 is 22.7 Å². The van der Waals surface area contributed by atoms with Gasteiger partial charge in [0.25, 0.3) is 11.8 Å². The van der Waals surface area contributed by atoms with Crippen LogP contribution in [0, 0.1) is 13.8 Å². The fourth-order valence-corrected chi connectivity index (χ4v) is 3.50. The van der Waals surface area contributed by atoms with Crippen molar-refractivity contribution in [2.75, 3.05) is 26.2 Å². The molecule has 1 aliphatic heterocycles. The lowest BCUT2D eigenvalue weighted by Crippen LogP contribution is -2.50. The highest BCUT2D eigenvalue weighted by molar-refractivity contribution is 6.06. The number of fused-ring (bicyclic) bond motifs is 1. The summed E-state index contributed by atoms with van der Waals surface area (Å²) in [5.74, 6) is -0.0665. The van der Waals surface area contributed by atoms with E-state index >= 15 is 0 Å². The predicted octanol–water partition coefficient (Wildman–Crippen LogP) is 3.04. The van der Waals surface area contributed by atoms with E-state index in [1.54, 1.807) is 11.0 Å². The van der Waals surface area contributed by atoms with Crippen LogP contribution in [0.2, 0.25) is 0 Å². The molecule has 0 saturated carbocycles. The van der Waals surface area contributed by atoms with Gasteiger partial charge < -0.3 is 14.2 Å². The van der Waals surface area contributed by atoms with Gasteiger partial charge in [0, 0.05) is 37.3 Å². The average Bonchev–Trinajstić information content (AvgIpc) is 3.21. The Labute approximate surface area is 157 Å². The third-order valence-electron chi connectivity index (χ3n) is 4.94. The maximum Gasteiger partial charge on any atom is 0.257 e. The van der Waals surface area contributed by atoms with Gasteiger partial charge in [-0.25, -0.2) is 0 Å². The highest BCUT2D eigenvalue weighted by Gasteiger charge is 2.27. The fraction of sp³-hybridized carbons (Fsp3) is 0.286. The zero-order valence-electron chi connectivity index (χ0n) is 15.4. The van der Waals surface area contributed by atoms with Crippen LogP contribution in [0.3, 0.4) is 0 Å². The Kier molecular flexibility index (Phi) is 4.39. The molecule has 1 fully saturated rings. The maximum atomic E-state index is 13.2. The number of carbonyl (C=O) groups is 2. The van der Waals surface area contributed by atoms with Gasteiger partial charge >= 0.3 is 0 Å². The second kappa shape index (κ2) is 6.87. The molecule has 0 bridgehead atoms. The van der Waals surface area contributed by atoms with Crippen molar-refractivity contribution in [3.05, 3.63) is 65.2 Å². The molecule has 3 aromatic rings. The summed E-state index contributed by atoms with van der Waals surface area (Å²) < 4.78 is 4.99. The molecule has 138 valence electrons. The van der Waals surface area contributed by atoms with Crippen molar-refractivity contribution in [2.45, 2.75) is 13.8 Å². The molecule has 0 aliphatic carbocycles. The number of carbonyl (C=O) groups excluding carboxylic acids is 2. The molecule has 4 rings (SSSR count). The molecule has 27 heavy (non-hydrogen) atoms. The number of amides is 2. The summed E-state index contributed by atoms with van der Waals surface area (Å²) in [6.07, 6.45) is 2.94. The molecule has 3 heterocycles. The van der Waals surface area contributed by atoms with Crippen LogP contribution in [0.1, 0.15) is 32.0 Å². The fourth-order valence-electron chi connectivity index (χ4n) is 3.50. The van der Waals surface area contributed by atoms with E-state index < -0.39 is 0 Å². The van der Waals surface area contributed by atoms with Gasteiger partial charge in [-0.05, 0) is 38.1 Å². The molecule has 1 aromatic carbocycles. The van der Waals surface area contributed by atoms with Crippen LogP contribution in [-0.4, -0.2) is 52.8 Å². The average molecular weight is 363 g/mol. The van der Waals surface area contributed by atoms with E-state index in [1.165, 1.54) is 12.5 Å². The monoisotopic (exact) mass is 363 g/mol. The molecule has 1 saturated heterocycles. The second-order valence-corrected chi connectivity index (χ2v) is 6.93. The summed E-state index contributed by atoms with van der Waals surface area (Å²) in [5.41, 5.74) is 3.97. The first-order valence-electron chi connectivity index (χ1n) is 9.02. The second-order valence-electron chi connectivity index (χ2n) is 6.93. The van der Waals surface area contributed by atoms with Crippen LogP contribution >= 0.6 is 0 Å². The number of aromatic nitrogens is 1. The van der Waals surface area contributed by atoms with E-state index in [1.807, 2.05) is 43.0 Å². The van der Waals surface area contributed by atoms with Crippen LogP contribution in [0.15, 0.2) is 47.3 Å². The van der Waals surface area contributed by atoms with Gasteiger partial charge in [0.15, 0.2) is 0 Å². The summed E-state index contributed by atoms with van der Waals surface area (Å²) in [6, 6.07) is 9.48. The molecule has 0 atom stereocenters. The predicted molar refractivity (Wildman–Crippen MR) is 102 cm³/mol. The zero-order chi connectivity index (χ0) is 19.0. The van der Waals surface area contributed by atoms with Crippen LogP contribution in [-0.2, 0) is 0 Å². The van der Waals surface area contributed by atoms with Crippen LogP contribution < -0.4 is 0 Å². The van der Waals surface area contributed by atoms with Gasteiger partial charge in [0.05, 0.1) is 22.9 Å². The molecule has 6 heteroatoms. The minimum atomic E-state index is -0.0586. The van der Waals surface area contributed by atoms with Crippen molar-refractivity contribution in [1.29, 1.82) is 0 Å². The number of hydrogen-bond donors (Lipinski definition) is 0. The van der Waals surface area contributed by atoms with Gasteiger partial charge in [-0.1, -0.05) is 11.6 Å². The van der Waals surface area contributed by atoms with E-state index in [-0.39, 0.29) is 11.8 Å². The molecule has 0 unspecified atom stereocenters. The molecule has 0 N–H and O–H groups in total. The molecule has 2 amide bonds. The maximum absolute atomic E-state index is 13.2. The first kappa shape index (κ1) is 17.3. The number of benzene rings is 1. The number of pyridine rings is 1. The van der Waals surface area contributed by atoms with E-state index in [9.17, 15) is 9.59 Å². The Hall–Kier alpha value is -3.15. The van der Waals surface area contributed by atoms with Gasteiger partial charge in [-0.2, -0.15) is 0 Å². The third kappa shape index (κ3) is 3.30. The Bertz CT molecular complexity index is 1000. The normalized spacial score (nSPS) is 14.6. The molecular formula is C21H21N3O3. The lowest BCUT2D eigenvalue weighted by Gasteiger charge is -2.34. The minimum Gasteiger partial charge on any atom is -0.472 e. The molecule has 1 aliphatic rings. The Balaban J connectivity index is 1.54. The van der Waals surface area contributed by atoms with Gasteiger partial charge in [0.1, 0.15) is 6.26 Å². The van der Waals surface area contributed by atoms with Crippen LogP contribution in [0.4, 0.5) is 0 Å². The van der Waals surface area contributed by atoms with Crippen LogP contribution in [0.5, 0.6) is 0 Å². The quantitative estimate of drug-likeness (QED) is 0.702. The van der Waals surface area contributed by atoms with E-state index in [2.05, 4.69) is 4.98 Å². The first-order chi connectivity index (χ1) is 13.0. The van der Waals surface area contributed by atoms with E-state index in [0.717, 1.165) is 22.2 Å². The van der Waals surface area contributed by atoms with Gasteiger partial charge in [-0.15, -0.1) is 0 Å². The largest absolute Gasteiger partial charge is 0.472 e. The number of hydrogen-bond acceptors (Lipinski definition) is 4. The number of piperazine rings is 1. The summed E-state index contributed by atoms with van der Waals surface area (Å²) in [6.45, 7) is 5.95. The smallest absolute Gasteiger partial charge is 0.257 e. The molecule has 2 aromatic heterocycles. The number of furan rings is 1. The highest BCUT2D eigenvalue weighted by Crippen LogP contribution is 2.22. The summed E-state index contributed by atoms with van der Waals surface area (Å²) in [5, 5.41) is 0.877. The van der Waals surface area contributed by atoms with Crippen LogP contribution in [0.25, 0.3) is 10.9 Å². The van der Waals surface area contributed by atoms with Crippen molar-refractivity contribution in [1.82, 2.24) is 14.8 Å². The highest BCUT2D eigenvalue weighted by atomic mass is 16.3. The molecule has 0 radical (unpaired) electrons. The Morgan fingerprint density at radius 3 is 2.33 bits per heavy atom. The molecule has 6 nitrogen and oxygen atoms in total. The minimum absolute atomic E-state index is 0.00786. The zero-order valence-corrected chi connectivity index (χ0v) is 15.4. The van der Waals surface area contributed by atoms with Crippen molar-refractivity contribution in [2.24, 2.45) is 0 Å². The van der Waals surface area contributed by atoms with Crippen molar-refractivity contribution in [3.8, 4) is 0 Å². The third-order valence-corrected chi connectivity index (χ3v) is 4.94. The summed E-state index contributed by atoms with van der Waals surface area (Å²) >= 11 is 0. The summed E-state index contributed by atoms with van der Waals surface area (Å²) in [4.78, 5) is 33.7. The lowest BCUT2D eigenvalue weighted by molar-refractivity contribution is 0.0536. The van der Waals surface area contributed by atoms with E-state index in [4.69, 9.17) is 4.42 Å². The molecular weight excluding hydrogens is 342 g/mol. The topological polar surface area (TPSA) is 66.7 Å². The molecule has 0 spiro atoms.